The van der Waals surface area contributed by atoms with Gasteiger partial charge in [-0.1, -0.05) is 55.3 Å². The second-order valence-corrected chi connectivity index (χ2v) is 9.20. The first-order valence-corrected chi connectivity index (χ1v) is 11.7. The van der Waals surface area contributed by atoms with E-state index in [1.807, 2.05) is 4.90 Å². The zero-order valence-corrected chi connectivity index (χ0v) is 17.9. The molecule has 3 aliphatic rings. The molecule has 2 heterocycles. The maximum Gasteiger partial charge on any atom is 0.231 e. The van der Waals surface area contributed by atoms with Crippen molar-refractivity contribution in [1.29, 1.82) is 0 Å². The number of amides is 1. The zero-order valence-electron chi connectivity index (χ0n) is 17.9. The van der Waals surface area contributed by atoms with Crippen LogP contribution in [-0.2, 0) is 17.8 Å². The van der Waals surface area contributed by atoms with Crippen LogP contribution in [0.3, 0.4) is 0 Å². The molecule has 2 fully saturated rings. The van der Waals surface area contributed by atoms with Crippen LogP contribution in [0.25, 0.3) is 0 Å². The summed E-state index contributed by atoms with van der Waals surface area (Å²) in [6.45, 7) is 7.19. The molecular weight excluding hydrogens is 370 g/mol. The van der Waals surface area contributed by atoms with E-state index < -0.39 is 0 Å². The largest absolute Gasteiger partial charge is 0.311 e. The number of carbonyl (C=O) groups excluding carboxylic acids is 1. The third-order valence-electron chi connectivity index (χ3n) is 7.22. The fraction of sp³-hybridized carbons (Fsp3) is 0.500. The number of benzene rings is 2. The number of fused-ring (bicyclic) bond motifs is 1. The summed E-state index contributed by atoms with van der Waals surface area (Å²) in [5, 5.41) is 0. The Morgan fingerprint density at radius 3 is 2.33 bits per heavy atom. The standard InChI is InChI=1S/C26H33N3O/c30-26-19-24-18-23(22-8-4-5-9-22)10-11-25(24)29(26)17-16-27-12-14-28(15-13-27)20-21-6-2-1-3-7-21/h1-3,6-7,10-11,18,22H,4-5,8-9,12-17,19-20H2. The van der Waals surface area contributed by atoms with Crippen LogP contribution in [0.2, 0.25) is 0 Å². The molecule has 4 nitrogen and oxygen atoms in total. The lowest BCUT2D eigenvalue weighted by molar-refractivity contribution is -0.117. The average molecular weight is 404 g/mol. The molecule has 0 atom stereocenters. The predicted molar refractivity (Wildman–Crippen MR) is 122 cm³/mol. The molecule has 0 aromatic heterocycles. The van der Waals surface area contributed by atoms with Crippen LogP contribution in [-0.4, -0.2) is 55.0 Å². The van der Waals surface area contributed by atoms with Crippen LogP contribution >= 0.6 is 0 Å². The van der Waals surface area contributed by atoms with Crippen LogP contribution in [0, 0.1) is 0 Å². The summed E-state index contributed by atoms with van der Waals surface area (Å²) in [5.74, 6) is 0.989. The molecule has 4 heteroatoms. The summed E-state index contributed by atoms with van der Waals surface area (Å²) in [4.78, 5) is 19.8. The molecule has 1 saturated heterocycles. The highest BCUT2D eigenvalue weighted by Crippen LogP contribution is 2.37. The van der Waals surface area contributed by atoms with Gasteiger partial charge in [-0.15, -0.1) is 0 Å². The quantitative estimate of drug-likeness (QED) is 0.728. The van der Waals surface area contributed by atoms with Crippen molar-refractivity contribution in [1.82, 2.24) is 9.80 Å². The summed E-state index contributed by atoms with van der Waals surface area (Å²) in [5.41, 5.74) is 5.25. The summed E-state index contributed by atoms with van der Waals surface area (Å²) in [6, 6.07) is 17.6. The van der Waals surface area contributed by atoms with Crippen LogP contribution in [0.1, 0.15) is 48.3 Å². The third-order valence-corrected chi connectivity index (χ3v) is 7.22. The molecule has 5 rings (SSSR count). The fourth-order valence-corrected chi connectivity index (χ4v) is 5.42. The summed E-state index contributed by atoms with van der Waals surface area (Å²) in [7, 11) is 0. The van der Waals surface area contributed by atoms with Crippen molar-refractivity contribution in [2.45, 2.75) is 44.6 Å². The van der Waals surface area contributed by atoms with Gasteiger partial charge in [0, 0.05) is 51.5 Å². The topological polar surface area (TPSA) is 26.8 Å². The minimum Gasteiger partial charge on any atom is -0.311 e. The first-order chi connectivity index (χ1) is 14.8. The molecule has 2 aromatic rings. The highest BCUT2D eigenvalue weighted by atomic mass is 16.2. The van der Waals surface area contributed by atoms with Gasteiger partial charge in [-0.25, -0.2) is 0 Å². The Kier molecular flexibility index (Phi) is 5.87. The van der Waals surface area contributed by atoms with Crippen molar-refractivity contribution in [2.24, 2.45) is 0 Å². The zero-order chi connectivity index (χ0) is 20.3. The number of carbonyl (C=O) groups is 1. The summed E-state index contributed by atoms with van der Waals surface area (Å²) >= 11 is 0. The molecule has 1 aliphatic carbocycles. The van der Waals surface area contributed by atoms with E-state index in [1.54, 1.807) is 0 Å². The molecule has 30 heavy (non-hydrogen) atoms. The lowest BCUT2D eigenvalue weighted by Gasteiger charge is -2.35. The van der Waals surface area contributed by atoms with Gasteiger partial charge in [-0.05, 0) is 41.5 Å². The lowest BCUT2D eigenvalue weighted by Crippen LogP contribution is -2.48. The van der Waals surface area contributed by atoms with Crippen LogP contribution < -0.4 is 4.90 Å². The number of rotatable bonds is 6. The fourth-order valence-electron chi connectivity index (χ4n) is 5.42. The minimum absolute atomic E-state index is 0.274. The Balaban J connectivity index is 1.14. The van der Waals surface area contributed by atoms with Gasteiger partial charge in [0.25, 0.3) is 0 Å². The van der Waals surface area contributed by atoms with Gasteiger partial charge >= 0.3 is 0 Å². The molecule has 0 bridgehead atoms. The number of hydrogen-bond donors (Lipinski definition) is 0. The average Bonchev–Trinajstić information content (AvgIpc) is 3.41. The van der Waals surface area contributed by atoms with E-state index in [1.165, 1.54) is 42.4 Å². The Labute approximate surface area is 180 Å². The lowest BCUT2D eigenvalue weighted by atomic mass is 9.95. The number of hydrogen-bond acceptors (Lipinski definition) is 3. The van der Waals surface area contributed by atoms with E-state index in [0.29, 0.717) is 12.3 Å². The Hall–Kier alpha value is -2.17. The second kappa shape index (κ2) is 8.91. The third kappa shape index (κ3) is 4.30. The molecule has 1 amide bonds. The van der Waals surface area contributed by atoms with Crippen molar-refractivity contribution in [3.63, 3.8) is 0 Å². The molecule has 0 spiro atoms. The van der Waals surface area contributed by atoms with E-state index >= 15 is 0 Å². The van der Waals surface area contributed by atoms with Gasteiger partial charge < -0.3 is 4.90 Å². The van der Waals surface area contributed by atoms with Crippen molar-refractivity contribution in [2.75, 3.05) is 44.2 Å². The summed E-state index contributed by atoms with van der Waals surface area (Å²) < 4.78 is 0. The smallest absolute Gasteiger partial charge is 0.231 e. The number of anilines is 1. The number of piperazine rings is 1. The molecule has 2 aromatic carbocycles. The van der Waals surface area contributed by atoms with Gasteiger partial charge in [0.2, 0.25) is 5.91 Å². The van der Waals surface area contributed by atoms with E-state index in [2.05, 4.69) is 58.3 Å². The van der Waals surface area contributed by atoms with E-state index in [-0.39, 0.29) is 5.91 Å². The predicted octanol–water partition coefficient (Wildman–Crippen LogP) is 4.05. The molecule has 0 N–H and O–H groups in total. The molecule has 158 valence electrons. The van der Waals surface area contributed by atoms with E-state index in [4.69, 9.17) is 0 Å². The highest BCUT2D eigenvalue weighted by molar-refractivity contribution is 6.01. The van der Waals surface area contributed by atoms with Gasteiger partial charge in [0.1, 0.15) is 0 Å². The van der Waals surface area contributed by atoms with Crippen LogP contribution in [0.15, 0.2) is 48.5 Å². The Morgan fingerprint density at radius 2 is 1.57 bits per heavy atom. The monoisotopic (exact) mass is 403 g/mol. The Bertz CT molecular complexity index is 867. The van der Waals surface area contributed by atoms with Crippen molar-refractivity contribution < 1.29 is 4.79 Å². The molecule has 0 unspecified atom stereocenters. The molecular formula is C26H33N3O. The van der Waals surface area contributed by atoms with Gasteiger partial charge in [0.05, 0.1) is 6.42 Å². The van der Waals surface area contributed by atoms with Crippen molar-refractivity contribution in [3.8, 4) is 0 Å². The first kappa shape index (κ1) is 19.8. The van der Waals surface area contributed by atoms with E-state index in [9.17, 15) is 4.79 Å². The van der Waals surface area contributed by atoms with Gasteiger partial charge in [0.15, 0.2) is 0 Å². The van der Waals surface area contributed by atoms with E-state index in [0.717, 1.165) is 51.5 Å². The molecule has 1 saturated carbocycles. The highest BCUT2D eigenvalue weighted by Gasteiger charge is 2.29. The summed E-state index contributed by atoms with van der Waals surface area (Å²) in [6.07, 6.45) is 5.91. The second-order valence-electron chi connectivity index (χ2n) is 9.20. The maximum atomic E-state index is 12.7. The molecule has 0 radical (unpaired) electrons. The van der Waals surface area contributed by atoms with Crippen LogP contribution in [0.4, 0.5) is 5.69 Å². The van der Waals surface area contributed by atoms with Crippen molar-refractivity contribution >= 4 is 11.6 Å². The van der Waals surface area contributed by atoms with Crippen LogP contribution in [0.5, 0.6) is 0 Å². The van der Waals surface area contributed by atoms with Gasteiger partial charge in [-0.2, -0.15) is 0 Å². The first-order valence-electron chi connectivity index (χ1n) is 11.7. The SMILES string of the molecule is O=C1Cc2cc(C3CCCC3)ccc2N1CCN1CCN(Cc2ccccc2)CC1. The van der Waals surface area contributed by atoms with Gasteiger partial charge in [-0.3, -0.25) is 14.6 Å². The number of nitrogens with zero attached hydrogens (tertiary/aromatic N) is 3. The molecule has 2 aliphatic heterocycles. The minimum atomic E-state index is 0.274. The Morgan fingerprint density at radius 1 is 0.833 bits per heavy atom. The maximum absolute atomic E-state index is 12.7. The normalized spacial score (nSPS) is 20.8. The van der Waals surface area contributed by atoms with Crippen molar-refractivity contribution in [3.05, 3.63) is 65.2 Å².